The molecule has 0 unspecified atom stereocenters. The third-order valence-corrected chi connectivity index (χ3v) is 19.7. The molecule has 12 aromatic rings. The van der Waals surface area contributed by atoms with Crippen molar-refractivity contribution >= 4 is 56.9 Å². The Kier molecular flexibility index (Phi) is 51.8. The first-order chi connectivity index (χ1) is 60.7. The number of aromatic nitrogens is 13. The number of rotatable bonds is 17. The van der Waals surface area contributed by atoms with Crippen molar-refractivity contribution in [1.82, 2.24) is 75.2 Å². The van der Waals surface area contributed by atoms with Crippen molar-refractivity contribution in [2.75, 3.05) is 62.7 Å². The van der Waals surface area contributed by atoms with Crippen LogP contribution >= 0.6 is 0 Å². The predicted molar refractivity (Wildman–Crippen MR) is 542 cm³/mol. The largest absolute Gasteiger partial charge is 0.384 e. The lowest BCUT2D eigenvalue weighted by Gasteiger charge is -2.16. The average Bonchev–Trinajstić information content (AvgIpc) is 1.65. The zero-order chi connectivity index (χ0) is 93.6. The minimum atomic E-state index is 0.427. The molecule has 12 heterocycles. The third kappa shape index (κ3) is 43.5. The first-order valence-electron chi connectivity index (χ1n) is 46.2. The Balaban J connectivity index is 0.000000293. The molecule has 0 bridgehead atoms. The van der Waals surface area contributed by atoms with Crippen LogP contribution in [0.5, 0.6) is 0 Å². The zero-order valence-corrected chi connectivity index (χ0v) is 82.2. The number of benzene rings is 3. The third-order valence-electron chi connectivity index (χ3n) is 19.7. The number of aliphatic imine (C=N–C) groups is 3. The first-order valence-corrected chi connectivity index (χ1v) is 46.2. The lowest BCUT2D eigenvalue weighted by molar-refractivity contribution is 0.683. The van der Waals surface area contributed by atoms with E-state index in [-0.39, 0.29) is 0 Å². The van der Waals surface area contributed by atoms with Crippen LogP contribution in [0.1, 0.15) is 315 Å². The minimum Gasteiger partial charge on any atom is -0.384 e. The highest BCUT2D eigenvalue weighted by molar-refractivity contribution is 5.87. The molecule has 0 atom stereocenters. The number of nitrogens with two attached hydrogens (primary N) is 1. The molecule has 3 aliphatic heterocycles. The fourth-order valence-electron chi connectivity index (χ4n) is 12.2. The number of para-hydroxylation sites is 4. The number of aromatic amines is 1. The quantitative estimate of drug-likeness (QED) is 0.0494. The Labute approximate surface area is 764 Å². The van der Waals surface area contributed by atoms with Gasteiger partial charge in [-0.2, -0.15) is 10.2 Å². The molecule has 15 rings (SSSR count). The van der Waals surface area contributed by atoms with Crippen LogP contribution in [0.15, 0.2) is 228 Å². The van der Waals surface area contributed by atoms with Crippen LogP contribution in [0.4, 0.5) is 17.5 Å². The van der Waals surface area contributed by atoms with Crippen LogP contribution in [-0.2, 0) is 6.54 Å². The van der Waals surface area contributed by atoms with Gasteiger partial charge in [0.05, 0.1) is 46.0 Å². The van der Waals surface area contributed by atoms with Gasteiger partial charge in [-0.05, 0) is 195 Å². The summed E-state index contributed by atoms with van der Waals surface area (Å²) in [5.41, 5.74) is 20.7. The maximum atomic E-state index is 5.49. The molecule has 0 amide bonds. The molecule has 3 aromatic carbocycles. The Bertz CT molecular complexity index is 4750. The number of anilines is 3. The summed E-state index contributed by atoms with van der Waals surface area (Å²) in [6.07, 6.45) is 14.0. The first kappa shape index (κ1) is 108. The van der Waals surface area contributed by atoms with E-state index in [2.05, 4.69) is 337 Å². The van der Waals surface area contributed by atoms with Gasteiger partial charge >= 0.3 is 0 Å². The number of imidazole rings is 2. The van der Waals surface area contributed by atoms with Crippen LogP contribution in [-0.4, -0.2) is 128 Å². The molecular formula is C106H157N21. The summed E-state index contributed by atoms with van der Waals surface area (Å²) in [5.74, 6) is 14.2. The van der Waals surface area contributed by atoms with Gasteiger partial charge < -0.3 is 36.6 Å². The molecular weight excluding hydrogens is 1570 g/mol. The van der Waals surface area contributed by atoms with Crippen LogP contribution in [0.25, 0.3) is 22.1 Å². The Hall–Kier alpha value is -11.5. The number of nitrogen functional groups attached to an aromatic ring is 1. The van der Waals surface area contributed by atoms with Gasteiger partial charge in [-0.1, -0.05) is 245 Å². The summed E-state index contributed by atoms with van der Waals surface area (Å²) >= 11 is 0. The van der Waals surface area contributed by atoms with Crippen molar-refractivity contribution in [2.45, 2.75) is 266 Å². The minimum absolute atomic E-state index is 0.427. The topological polar surface area (TPSA) is 274 Å². The second-order valence-electron chi connectivity index (χ2n) is 35.0. The van der Waals surface area contributed by atoms with Crippen molar-refractivity contribution in [3.63, 3.8) is 0 Å². The van der Waals surface area contributed by atoms with Crippen LogP contribution < -0.4 is 27.0 Å². The van der Waals surface area contributed by atoms with Gasteiger partial charge in [-0.3, -0.25) is 24.9 Å². The average molecular weight is 1730 g/mol. The van der Waals surface area contributed by atoms with E-state index in [9.17, 15) is 0 Å². The molecule has 0 aliphatic carbocycles. The number of hydrogen-bond donors (Lipinski definition) is 6. The number of nitrogens with zero attached hydrogens (tertiary/aromatic N) is 15. The van der Waals surface area contributed by atoms with Crippen LogP contribution in [0, 0.1) is 24.7 Å². The number of fused-ring (bicyclic) bond motifs is 2. The summed E-state index contributed by atoms with van der Waals surface area (Å²) in [7, 11) is 1.88. The van der Waals surface area contributed by atoms with E-state index in [0.717, 1.165) is 120 Å². The fraction of sp³-hybridized carbons (Fsp3) is 0.472. The van der Waals surface area contributed by atoms with E-state index >= 15 is 0 Å². The van der Waals surface area contributed by atoms with Gasteiger partial charge in [-0.25, -0.2) is 34.9 Å². The van der Waals surface area contributed by atoms with Gasteiger partial charge in [0, 0.05) is 141 Å². The van der Waals surface area contributed by atoms with Crippen molar-refractivity contribution in [1.29, 1.82) is 0 Å². The molecule has 7 N–H and O–H groups in total. The van der Waals surface area contributed by atoms with Gasteiger partial charge in [0.25, 0.3) is 0 Å². The molecule has 9 aromatic heterocycles. The highest BCUT2D eigenvalue weighted by Crippen LogP contribution is 2.25. The van der Waals surface area contributed by atoms with Crippen molar-refractivity contribution in [3.8, 4) is 0 Å². The number of aryl methyl sites for hydroxylation is 1. The summed E-state index contributed by atoms with van der Waals surface area (Å²) in [5, 5.41) is 20.4. The van der Waals surface area contributed by atoms with E-state index in [1.807, 2.05) is 135 Å². The van der Waals surface area contributed by atoms with Gasteiger partial charge in [0.2, 0.25) is 0 Å². The lowest BCUT2D eigenvalue weighted by Crippen LogP contribution is -2.32. The van der Waals surface area contributed by atoms with Gasteiger partial charge in [0.1, 0.15) is 34.9 Å². The molecule has 3 aliphatic rings. The van der Waals surface area contributed by atoms with Crippen LogP contribution in [0.2, 0.25) is 0 Å². The van der Waals surface area contributed by atoms with E-state index in [1.165, 1.54) is 65.4 Å². The Morgan fingerprint density at radius 1 is 0.394 bits per heavy atom. The molecule has 127 heavy (non-hydrogen) atoms. The van der Waals surface area contributed by atoms with Crippen molar-refractivity contribution < 1.29 is 0 Å². The summed E-state index contributed by atoms with van der Waals surface area (Å²) in [4.78, 5) is 55.1. The second-order valence-corrected chi connectivity index (χ2v) is 35.0. The van der Waals surface area contributed by atoms with E-state index in [0.29, 0.717) is 76.8 Å². The fourth-order valence-corrected chi connectivity index (χ4v) is 12.2. The molecule has 0 saturated carbocycles. The Morgan fingerprint density at radius 2 is 0.921 bits per heavy atom. The molecule has 21 nitrogen and oxygen atoms in total. The maximum absolute atomic E-state index is 5.49. The van der Waals surface area contributed by atoms with Gasteiger partial charge in [0.15, 0.2) is 0 Å². The number of nitrogens with one attached hydrogen (secondary N) is 5. The van der Waals surface area contributed by atoms with Gasteiger partial charge in [-0.15, -0.1) is 0 Å². The number of hydrogen-bond acceptors (Lipinski definition) is 19. The number of pyridine rings is 5. The van der Waals surface area contributed by atoms with Crippen molar-refractivity contribution in [2.24, 2.45) is 32.7 Å². The molecule has 0 spiro atoms. The van der Waals surface area contributed by atoms with Crippen LogP contribution in [0.3, 0.4) is 0 Å². The van der Waals surface area contributed by atoms with E-state index in [4.69, 9.17) is 10.7 Å². The SMILES string of the molecule is CC(C)C1=NCCCC1.CC(C)C1=NCCCN1.CC(C)C1=NCCN1.CC(C)c1cccc(N)n1.CC(C)c1ccccn1.CC(C)c1cccnn1.CC(C)c1nc2ccccc2[nH]1.CC(C)c1nc2ccccc2n1Cc1ccccc1.CC(C)c1ncccn1.CCNc1cccc(C(C)C)n1.CNc1cccc(C(C)C)n1.Cc1ccnc(C(C)C)c1. The highest BCUT2D eigenvalue weighted by atomic mass is 15.1. The summed E-state index contributed by atoms with van der Waals surface area (Å²) < 4.78 is 2.33. The molecule has 21 heteroatoms. The maximum Gasteiger partial charge on any atom is 0.130 e. The second kappa shape index (κ2) is 61.0. The lowest BCUT2D eigenvalue weighted by atomic mass is 10.00. The summed E-state index contributed by atoms with van der Waals surface area (Å²) in [6.45, 7) is 62.7. The number of H-pyrrole nitrogens is 1. The zero-order valence-electron chi connectivity index (χ0n) is 82.2. The standard InChI is InChI=1S/C17H18N2.C10H12N2.C10H16N2.C9H14N2.C9H13N.C8H12N2.C8H15N.C8H11N.C7H14N2.2C7H10N2.C6H12N2/c1-13(2)17-18-15-10-6-7-11-16(15)19(17)12-14-8-4-3-5-9-14;1-7(2)10-11-8-5-3-4-6-9(8)12-10;1-4-11-10-7-5-6-9(12-10)8(2)3;1-7(2)8-5-4-6-9(10-3)11-8;1-7(2)9-6-8(3)4-5-10-9;1-6(2)7-4-3-5-8(9)10-7;2*1-7(2)8-5-3-4-6-9-8;2*1-6(2)7-8-4-3-5-9-7;1-6(2)7-4-3-5-8-9-7;1-5(2)6-7-3-4-8-6/h3-11,13H,12H2,1-2H3;3-7H,1-2H3,(H,11,12);5-8H,4H2,1-3H3,(H,11,12);4-7H,1-3H3,(H,10,11);4-7H,1-3H3;3-6H,1-2H3,(H2,9,10);7H,3-6H2,1-2H3;3-7H,1-2H3;6H,3-5H2,1-2H3,(H,8,9);2*3-6H,1-2H3;5H,3-4H2,1-2H3,(H,7,8). The molecule has 0 radical (unpaired) electrons. The van der Waals surface area contributed by atoms with Crippen molar-refractivity contribution in [3.05, 3.63) is 276 Å². The van der Waals surface area contributed by atoms with E-state index in [1.54, 1.807) is 24.7 Å². The predicted octanol–water partition coefficient (Wildman–Crippen LogP) is 25.4. The number of amidine groups is 2. The molecule has 0 fully saturated rings. The monoisotopic (exact) mass is 1720 g/mol. The summed E-state index contributed by atoms with van der Waals surface area (Å²) in [6, 6.07) is 60.7. The molecule has 0 saturated heterocycles. The smallest absolute Gasteiger partial charge is 0.130 e. The highest BCUT2D eigenvalue weighted by Gasteiger charge is 2.15. The molecule has 686 valence electrons. The normalized spacial score (nSPS) is 12.4. The Morgan fingerprint density at radius 3 is 1.35 bits per heavy atom. The van der Waals surface area contributed by atoms with E-state index < -0.39 is 0 Å².